The van der Waals surface area contributed by atoms with E-state index in [9.17, 15) is 15.0 Å². The van der Waals surface area contributed by atoms with Crippen LogP contribution < -0.4 is 0 Å². The molecule has 1 saturated heterocycles. The molecule has 1 heterocycles. The van der Waals surface area contributed by atoms with Crippen LogP contribution in [0.2, 0.25) is 0 Å². The quantitative estimate of drug-likeness (QED) is 0.448. The van der Waals surface area contributed by atoms with Crippen molar-refractivity contribution in [1.29, 1.82) is 0 Å². The van der Waals surface area contributed by atoms with E-state index < -0.39 is 29.5 Å². The Labute approximate surface area is 79.7 Å². The van der Waals surface area contributed by atoms with Gasteiger partial charge in [0.1, 0.15) is 17.5 Å². The third-order valence-electron chi connectivity index (χ3n) is 1.93. The maximum absolute atomic E-state index is 11.0. The fraction of sp³-hybridized carbons (Fsp3) is 0.857. The fourth-order valence-electron chi connectivity index (χ4n) is 1.13. The highest BCUT2D eigenvalue weighted by Crippen LogP contribution is 2.27. The molecule has 0 radical (unpaired) electrons. The van der Waals surface area contributed by atoms with E-state index in [2.05, 4.69) is 4.74 Å². The lowest BCUT2D eigenvalue weighted by molar-refractivity contribution is -0.145. The molecule has 5 nitrogen and oxygen atoms in total. The van der Waals surface area contributed by atoms with Crippen LogP contribution in [0.3, 0.4) is 0 Å². The summed E-state index contributed by atoms with van der Waals surface area (Å²) in [6.45, 7) is 0. The second-order valence-corrected chi connectivity index (χ2v) is 4.00. The van der Waals surface area contributed by atoms with Gasteiger partial charge >= 0.3 is 5.97 Å². The first kappa shape index (κ1) is 10.8. The molecule has 0 unspecified atom stereocenters. The number of hydrogen-bond acceptors (Lipinski definition) is 6. The predicted octanol–water partition coefficient (Wildman–Crippen LogP) is -1.64. The minimum absolute atomic E-state index is 0.220. The molecule has 1 aliphatic rings. The van der Waals surface area contributed by atoms with Gasteiger partial charge in [0.25, 0.3) is 0 Å². The Hall–Kier alpha value is -0.300. The molecule has 0 aromatic heterocycles. The van der Waals surface area contributed by atoms with Gasteiger partial charge in [-0.3, -0.25) is 4.79 Å². The second kappa shape index (κ2) is 4.28. The molecule has 3 N–H and O–H groups in total. The highest BCUT2D eigenvalue weighted by atomic mass is 32.2. The molecule has 76 valence electrons. The Morgan fingerprint density at radius 1 is 1.38 bits per heavy atom. The zero-order valence-corrected chi connectivity index (χ0v) is 7.90. The smallest absolute Gasteiger partial charge is 0.321 e. The topological polar surface area (TPSA) is 87.0 Å². The Bertz CT molecular complexity index is 197. The van der Waals surface area contributed by atoms with Crippen molar-refractivity contribution in [1.82, 2.24) is 0 Å². The molecular formula is C7H12O5S. The number of aliphatic hydroxyl groups is 3. The van der Waals surface area contributed by atoms with Crippen molar-refractivity contribution in [2.75, 3.05) is 12.9 Å². The lowest BCUT2D eigenvalue weighted by Gasteiger charge is -2.32. The summed E-state index contributed by atoms with van der Waals surface area (Å²) >= 11 is 1.08. The summed E-state index contributed by atoms with van der Waals surface area (Å²) in [5.41, 5.74) is 0. The normalized spacial score (nSPS) is 40.0. The van der Waals surface area contributed by atoms with Gasteiger partial charge < -0.3 is 20.1 Å². The predicted molar refractivity (Wildman–Crippen MR) is 46.3 cm³/mol. The highest BCUT2D eigenvalue weighted by Gasteiger charge is 2.41. The third kappa shape index (κ3) is 2.14. The number of hydrogen-bond donors (Lipinski definition) is 3. The molecule has 4 atom stereocenters. The Balaban J connectivity index is 2.63. The van der Waals surface area contributed by atoms with Crippen LogP contribution >= 0.6 is 11.8 Å². The number of aliphatic hydroxyl groups excluding tert-OH is 3. The summed E-state index contributed by atoms with van der Waals surface area (Å²) in [7, 11) is 1.22. The third-order valence-corrected chi connectivity index (χ3v) is 3.30. The van der Waals surface area contributed by atoms with Crippen molar-refractivity contribution in [3.8, 4) is 0 Å². The zero-order valence-electron chi connectivity index (χ0n) is 7.08. The number of ether oxygens (including phenoxy) is 1. The van der Waals surface area contributed by atoms with E-state index in [-0.39, 0.29) is 5.75 Å². The first-order valence-corrected chi connectivity index (χ1v) is 4.86. The molecule has 6 heteroatoms. The van der Waals surface area contributed by atoms with Crippen LogP contribution in [0.1, 0.15) is 0 Å². The van der Waals surface area contributed by atoms with Gasteiger partial charge in [0, 0.05) is 5.75 Å². The Morgan fingerprint density at radius 3 is 2.54 bits per heavy atom. The van der Waals surface area contributed by atoms with Gasteiger partial charge in [-0.1, -0.05) is 0 Å². The molecule has 1 rings (SSSR count). The molecule has 0 aliphatic carbocycles. The summed E-state index contributed by atoms with van der Waals surface area (Å²) in [6, 6.07) is 0. The van der Waals surface area contributed by atoms with Crippen LogP contribution in [0.25, 0.3) is 0 Å². The van der Waals surface area contributed by atoms with Gasteiger partial charge in [-0.25, -0.2) is 0 Å². The van der Waals surface area contributed by atoms with Crippen molar-refractivity contribution >= 4 is 17.7 Å². The van der Waals surface area contributed by atoms with E-state index in [1.807, 2.05) is 0 Å². The second-order valence-electron chi connectivity index (χ2n) is 2.83. The SMILES string of the molecule is COC(=O)[C@H]1SC[C@H](O)[C@@H](O)[C@@H]1O. The minimum Gasteiger partial charge on any atom is -0.468 e. The number of methoxy groups -OCH3 is 1. The van der Waals surface area contributed by atoms with E-state index in [1.165, 1.54) is 7.11 Å². The van der Waals surface area contributed by atoms with Crippen molar-refractivity contribution in [2.45, 2.75) is 23.6 Å². The standard InChI is InChI=1S/C7H12O5S/c1-12-7(11)6-5(10)4(9)3(8)2-13-6/h3-6,8-10H,2H2,1H3/t3-,4+,5-,6-/m0/s1. The van der Waals surface area contributed by atoms with Crippen LogP contribution in [0, 0.1) is 0 Å². The van der Waals surface area contributed by atoms with Crippen LogP contribution in [0.5, 0.6) is 0 Å². The number of esters is 1. The average molecular weight is 208 g/mol. The summed E-state index contributed by atoms with van der Waals surface area (Å²) in [5.74, 6) is -0.360. The number of carbonyl (C=O) groups excluding carboxylic acids is 1. The Kier molecular flexibility index (Phi) is 3.55. The molecule has 0 aromatic rings. The monoisotopic (exact) mass is 208 g/mol. The van der Waals surface area contributed by atoms with Gasteiger partial charge in [-0.2, -0.15) is 0 Å². The number of thioether (sulfide) groups is 1. The van der Waals surface area contributed by atoms with Crippen LogP contribution in [-0.4, -0.2) is 57.7 Å². The van der Waals surface area contributed by atoms with Crippen molar-refractivity contribution < 1.29 is 24.9 Å². The summed E-state index contributed by atoms with van der Waals surface area (Å²) in [6.07, 6.45) is -3.52. The molecule has 1 fully saturated rings. The molecule has 0 spiro atoms. The molecule has 0 bridgehead atoms. The summed E-state index contributed by atoms with van der Waals surface area (Å²) in [4.78, 5) is 11.0. The first-order chi connectivity index (χ1) is 6.07. The van der Waals surface area contributed by atoms with Crippen molar-refractivity contribution in [3.63, 3.8) is 0 Å². The van der Waals surface area contributed by atoms with Crippen LogP contribution in [-0.2, 0) is 9.53 Å². The molecular weight excluding hydrogens is 196 g/mol. The van der Waals surface area contributed by atoms with Crippen LogP contribution in [0.15, 0.2) is 0 Å². The van der Waals surface area contributed by atoms with E-state index >= 15 is 0 Å². The van der Waals surface area contributed by atoms with E-state index in [4.69, 9.17) is 5.11 Å². The number of carbonyl (C=O) groups is 1. The van der Waals surface area contributed by atoms with Gasteiger partial charge in [-0.05, 0) is 0 Å². The van der Waals surface area contributed by atoms with Crippen molar-refractivity contribution in [2.24, 2.45) is 0 Å². The average Bonchev–Trinajstić information content (AvgIpc) is 2.13. The largest absolute Gasteiger partial charge is 0.468 e. The van der Waals surface area contributed by atoms with Gasteiger partial charge in [0.05, 0.1) is 13.2 Å². The molecule has 0 aromatic carbocycles. The maximum Gasteiger partial charge on any atom is 0.321 e. The highest BCUT2D eigenvalue weighted by molar-refractivity contribution is 8.00. The lowest BCUT2D eigenvalue weighted by Crippen LogP contribution is -2.51. The van der Waals surface area contributed by atoms with Gasteiger partial charge in [-0.15, -0.1) is 11.8 Å². The van der Waals surface area contributed by atoms with E-state index in [0.29, 0.717) is 0 Å². The van der Waals surface area contributed by atoms with E-state index in [0.717, 1.165) is 11.8 Å². The van der Waals surface area contributed by atoms with Crippen molar-refractivity contribution in [3.05, 3.63) is 0 Å². The molecule has 1 aliphatic heterocycles. The molecule has 0 saturated carbocycles. The Morgan fingerprint density at radius 2 is 2.00 bits per heavy atom. The summed E-state index contributed by atoms with van der Waals surface area (Å²) in [5, 5.41) is 27.0. The van der Waals surface area contributed by atoms with Gasteiger partial charge in [0.2, 0.25) is 0 Å². The first-order valence-electron chi connectivity index (χ1n) is 3.81. The minimum atomic E-state index is -1.27. The van der Waals surface area contributed by atoms with E-state index in [1.54, 1.807) is 0 Å². The fourth-order valence-corrected chi connectivity index (χ4v) is 2.32. The van der Waals surface area contributed by atoms with Gasteiger partial charge in [0.15, 0.2) is 0 Å². The maximum atomic E-state index is 11.0. The molecule has 0 amide bonds. The lowest BCUT2D eigenvalue weighted by atomic mass is 10.1. The summed E-state index contributed by atoms with van der Waals surface area (Å²) < 4.78 is 4.43. The zero-order chi connectivity index (χ0) is 10.0. The van der Waals surface area contributed by atoms with Crippen LogP contribution in [0.4, 0.5) is 0 Å². The molecule has 13 heavy (non-hydrogen) atoms. The number of rotatable bonds is 1.